The maximum absolute atomic E-state index is 5.61. The van der Waals surface area contributed by atoms with Crippen LogP contribution in [-0.4, -0.2) is 15.1 Å². The molecule has 21 heavy (non-hydrogen) atoms. The second kappa shape index (κ2) is 6.05. The molecule has 2 N–H and O–H groups in total. The first-order valence-electron chi connectivity index (χ1n) is 6.80. The van der Waals surface area contributed by atoms with Crippen LogP contribution in [0.1, 0.15) is 23.6 Å². The van der Waals surface area contributed by atoms with Crippen LogP contribution in [0.15, 0.2) is 34.2 Å². The fourth-order valence-electron chi connectivity index (χ4n) is 2.03. The third-order valence-corrected chi connectivity index (χ3v) is 3.89. The third kappa shape index (κ3) is 3.46. The number of hydrogen-bond donors (Lipinski definition) is 1. The Morgan fingerprint density at radius 1 is 1.14 bits per heavy atom. The molecule has 0 saturated heterocycles. The van der Waals surface area contributed by atoms with Crippen LogP contribution in [0.25, 0.3) is 11.4 Å². The van der Waals surface area contributed by atoms with Gasteiger partial charge >= 0.3 is 0 Å². The SMILES string of the molecule is Cc1ccc(-c2noc(CCCc3csc(N)n3)n2)cc1. The van der Waals surface area contributed by atoms with Gasteiger partial charge in [-0.15, -0.1) is 11.3 Å². The number of nitrogens with two attached hydrogens (primary N) is 1. The molecule has 0 atom stereocenters. The van der Waals surface area contributed by atoms with Crippen molar-refractivity contribution in [3.05, 3.63) is 46.8 Å². The molecule has 0 saturated carbocycles. The number of nitrogen functional groups attached to an aromatic ring is 1. The molecular weight excluding hydrogens is 284 g/mol. The molecule has 2 aromatic heterocycles. The minimum absolute atomic E-state index is 0.615. The average molecular weight is 300 g/mol. The number of hydrogen-bond acceptors (Lipinski definition) is 6. The van der Waals surface area contributed by atoms with Crippen LogP contribution in [-0.2, 0) is 12.8 Å². The molecule has 0 aliphatic carbocycles. The Labute approximate surface area is 126 Å². The molecule has 108 valence electrons. The van der Waals surface area contributed by atoms with Crippen LogP contribution in [0.3, 0.4) is 0 Å². The summed E-state index contributed by atoms with van der Waals surface area (Å²) in [6.07, 6.45) is 2.53. The normalized spacial score (nSPS) is 10.9. The van der Waals surface area contributed by atoms with Crippen LogP contribution in [0.4, 0.5) is 5.13 Å². The molecule has 0 spiro atoms. The summed E-state index contributed by atoms with van der Waals surface area (Å²) in [4.78, 5) is 8.66. The van der Waals surface area contributed by atoms with Crippen molar-refractivity contribution < 1.29 is 4.52 Å². The van der Waals surface area contributed by atoms with Crippen LogP contribution in [0, 0.1) is 6.92 Å². The van der Waals surface area contributed by atoms with Crippen molar-refractivity contribution in [2.24, 2.45) is 0 Å². The van der Waals surface area contributed by atoms with Crippen LogP contribution < -0.4 is 5.73 Å². The van der Waals surface area contributed by atoms with Gasteiger partial charge in [0, 0.05) is 17.4 Å². The maximum atomic E-state index is 5.61. The number of thiazole rings is 1. The van der Waals surface area contributed by atoms with E-state index in [9.17, 15) is 0 Å². The van der Waals surface area contributed by atoms with Gasteiger partial charge in [0.1, 0.15) is 0 Å². The summed E-state index contributed by atoms with van der Waals surface area (Å²) in [5, 5.41) is 6.63. The summed E-state index contributed by atoms with van der Waals surface area (Å²) in [7, 11) is 0. The standard InChI is InChI=1S/C15H16N4OS/c1-10-5-7-11(8-6-10)14-18-13(20-19-14)4-2-3-12-9-21-15(16)17-12/h5-9H,2-4H2,1H3,(H2,16,17). The second-order valence-corrected chi connectivity index (χ2v) is 5.80. The van der Waals surface area contributed by atoms with E-state index in [2.05, 4.69) is 22.0 Å². The lowest BCUT2D eigenvalue weighted by Crippen LogP contribution is -1.92. The van der Waals surface area contributed by atoms with E-state index in [4.69, 9.17) is 10.3 Å². The first kappa shape index (κ1) is 13.8. The van der Waals surface area contributed by atoms with Gasteiger partial charge < -0.3 is 10.3 Å². The fraction of sp³-hybridized carbons (Fsp3) is 0.267. The summed E-state index contributed by atoms with van der Waals surface area (Å²) >= 11 is 1.47. The van der Waals surface area contributed by atoms with Crippen LogP contribution in [0.2, 0.25) is 0 Å². The van der Waals surface area contributed by atoms with Gasteiger partial charge in [0.2, 0.25) is 11.7 Å². The van der Waals surface area contributed by atoms with E-state index in [0.29, 0.717) is 16.8 Å². The van der Waals surface area contributed by atoms with Gasteiger partial charge in [-0.2, -0.15) is 4.98 Å². The highest BCUT2D eigenvalue weighted by atomic mass is 32.1. The molecule has 5 nitrogen and oxygen atoms in total. The molecule has 0 amide bonds. The molecule has 0 radical (unpaired) electrons. The van der Waals surface area contributed by atoms with Crippen LogP contribution in [0.5, 0.6) is 0 Å². The maximum Gasteiger partial charge on any atom is 0.226 e. The highest BCUT2D eigenvalue weighted by Crippen LogP contribution is 2.18. The molecule has 0 aliphatic heterocycles. The Bertz CT molecular complexity index is 717. The van der Waals surface area contributed by atoms with Gasteiger partial charge in [-0.3, -0.25) is 0 Å². The van der Waals surface area contributed by atoms with E-state index in [1.807, 2.05) is 29.6 Å². The highest BCUT2D eigenvalue weighted by molar-refractivity contribution is 7.13. The summed E-state index contributed by atoms with van der Waals surface area (Å²) in [6, 6.07) is 8.08. The Balaban J connectivity index is 1.59. The number of aryl methyl sites for hydroxylation is 3. The predicted molar refractivity (Wildman–Crippen MR) is 83.0 cm³/mol. The van der Waals surface area contributed by atoms with Crippen molar-refractivity contribution in [3.63, 3.8) is 0 Å². The zero-order valence-corrected chi connectivity index (χ0v) is 12.6. The van der Waals surface area contributed by atoms with Crippen molar-refractivity contribution in [3.8, 4) is 11.4 Å². The van der Waals surface area contributed by atoms with Crippen molar-refractivity contribution in [1.82, 2.24) is 15.1 Å². The van der Waals surface area contributed by atoms with E-state index >= 15 is 0 Å². The minimum Gasteiger partial charge on any atom is -0.375 e. The molecule has 2 heterocycles. The number of nitrogens with zero attached hydrogens (tertiary/aromatic N) is 3. The van der Waals surface area contributed by atoms with Crippen molar-refractivity contribution in [1.29, 1.82) is 0 Å². The van der Waals surface area contributed by atoms with E-state index in [1.165, 1.54) is 16.9 Å². The predicted octanol–water partition coefficient (Wildman–Crippen LogP) is 3.26. The minimum atomic E-state index is 0.615. The molecular formula is C15H16N4OS. The topological polar surface area (TPSA) is 77.8 Å². The number of benzene rings is 1. The molecule has 0 fully saturated rings. The van der Waals surface area contributed by atoms with Crippen molar-refractivity contribution in [2.75, 3.05) is 5.73 Å². The molecule has 6 heteroatoms. The second-order valence-electron chi connectivity index (χ2n) is 4.91. The van der Waals surface area contributed by atoms with E-state index in [-0.39, 0.29) is 0 Å². The van der Waals surface area contributed by atoms with Gasteiger partial charge in [-0.25, -0.2) is 4.98 Å². The molecule has 3 aromatic rings. The molecule has 3 rings (SSSR count). The zero-order valence-electron chi connectivity index (χ0n) is 11.7. The number of rotatable bonds is 5. The number of anilines is 1. The summed E-state index contributed by atoms with van der Waals surface area (Å²) in [5.74, 6) is 1.30. The van der Waals surface area contributed by atoms with Gasteiger partial charge in [-0.1, -0.05) is 35.0 Å². The first-order valence-corrected chi connectivity index (χ1v) is 7.68. The summed E-state index contributed by atoms with van der Waals surface area (Å²) < 4.78 is 5.29. The Morgan fingerprint density at radius 3 is 2.67 bits per heavy atom. The van der Waals surface area contributed by atoms with E-state index in [0.717, 1.165) is 30.5 Å². The third-order valence-electron chi connectivity index (χ3n) is 3.17. The van der Waals surface area contributed by atoms with Gasteiger partial charge in [0.25, 0.3) is 0 Å². The Hall–Kier alpha value is -2.21. The molecule has 1 aromatic carbocycles. The summed E-state index contributed by atoms with van der Waals surface area (Å²) in [6.45, 7) is 2.05. The lowest BCUT2D eigenvalue weighted by Gasteiger charge is -1.95. The van der Waals surface area contributed by atoms with Gasteiger partial charge in [0.15, 0.2) is 5.13 Å². The first-order chi connectivity index (χ1) is 10.2. The monoisotopic (exact) mass is 300 g/mol. The average Bonchev–Trinajstić information content (AvgIpc) is 3.09. The fourth-order valence-corrected chi connectivity index (χ4v) is 2.63. The van der Waals surface area contributed by atoms with Gasteiger partial charge in [0.05, 0.1) is 5.69 Å². The smallest absolute Gasteiger partial charge is 0.226 e. The van der Waals surface area contributed by atoms with E-state index < -0.39 is 0 Å². The largest absolute Gasteiger partial charge is 0.375 e. The lowest BCUT2D eigenvalue weighted by atomic mass is 10.1. The van der Waals surface area contributed by atoms with E-state index in [1.54, 1.807) is 0 Å². The van der Waals surface area contributed by atoms with Crippen molar-refractivity contribution >= 4 is 16.5 Å². The van der Waals surface area contributed by atoms with Crippen molar-refractivity contribution in [2.45, 2.75) is 26.2 Å². The molecule has 0 unspecified atom stereocenters. The number of aromatic nitrogens is 3. The lowest BCUT2D eigenvalue weighted by molar-refractivity contribution is 0.376. The zero-order chi connectivity index (χ0) is 14.7. The summed E-state index contributed by atoms with van der Waals surface area (Å²) in [5.41, 5.74) is 8.82. The Kier molecular flexibility index (Phi) is 3.96. The van der Waals surface area contributed by atoms with Gasteiger partial charge in [-0.05, 0) is 19.8 Å². The Morgan fingerprint density at radius 2 is 1.95 bits per heavy atom. The highest BCUT2D eigenvalue weighted by Gasteiger charge is 2.08. The molecule has 0 bridgehead atoms. The van der Waals surface area contributed by atoms with Crippen LogP contribution >= 0.6 is 11.3 Å². The molecule has 0 aliphatic rings. The quantitative estimate of drug-likeness (QED) is 0.782.